The molecule has 9 heteroatoms. The highest BCUT2D eigenvalue weighted by Crippen LogP contribution is 2.13. The van der Waals surface area contributed by atoms with Gasteiger partial charge in [0.1, 0.15) is 18.0 Å². The van der Waals surface area contributed by atoms with E-state index in [-0.39, 0.29) is 0 Å². The molecule has 0 atom stereocenters. The van der Waals surface area contributed by atoms with Crippen LogP contribution in [0.1, 0.15) is 39.7 Å². The van der Waals surface area contributed by atoms with Crippen LogP contribution in [-0.4, -0.2) is 84.4 Å². The zero-order valence-electron chi connectivity index (χ0n) is 21.3. The van der Waals surface area contributed by atoms with Crippen molar-refractivity contribution in [1.82, 2.24) is 5.32 Å². The summed E-state index contributed by atoms with van der Waals surface area (Å²) >= 11 is 0. The van der Waals surface area contributed by atoms with Crippen molar-refractivity contribution in [2.75, 3.05) is 72.7 Å². The number of nitrogens with one attached hydrogen (secondary N) is 1. The molecule has 0 aliphatic rings. The lowest BCUT2D eigenvalue weighted by Gasteiger charge is -2.19. The maximum absolute atomic E-state index is 11.8. The van der Waals surface area contributed by atoms with Crippen molar-refractivity contribution in [1.29, 1.82) is 0 Å². The fourth-order valence-corrected chi connectivity index (χ4v) is 2.58. The number of rotatable bonds is 20. The van der Waals surface area contributed by atoms with Crippen LogP contribution in [0.5, 0.6) is 5.75 Å². The van der Waals surface area contributed by atoms with Gasteiger partial charge in [0.15, 0.2) is 0 Å². The third kappa shape index (κ3) is 18.5. The van der Waals surface area contributed by atoms with Crippen LogP contribution in [0.25, 0.3) is 0 Å². The number of ether oxygens (including phenoxy) is 7. The van der Waals surface area contributed by atoms with Gasteiger partial charge in [-0.3, -0.25) is 0 Å². The molecule has 1 amide bonds. The molecule has 0 saturated carbocycles. The van der Waals surface area contributed by atoms with E-state index in [1.54, 1.807) is 0 Å². The van der Waals surface area contributed by atoms with Gasteiger partial charge in [0.25, 0.3) is 0 Å². The predicted molar refractivity (Wildman–Crippen MR) is 129 cm³/mol. The molecule has 0 fully saturated rings. The molecule has 0 saturated heterocycles. The van der Waals surface area contributed by atoms with Gasteiger partial charge in [0, 0.05) is 13.2 Å². The van der Waals surface area contributed by atoms with Gasteiger partial charge in [-0.1, -0.05) is 19.1 Å². The Labute approximate surface area is 204 Å². The van der Waals surface area contributed by atoms with E-state index in [0.29, 0.717) is 72.6 Å². The summed E-state index contributed by atoms with van der Waals surface area (Å²) in [6.07, 6.45) is 0.577. The van der Waals surface area contributed by atoms with Crippen LogP contribution in [0.3, 0.4) is 0 Å². The standard InChI is InChI=1S/C25H43NO8/c1-5-9-28-10-11-29-12-13-30-14-15-31-16-17-32-18-19-33-23-8-6-7-22(20-23)21-26-24(27)34-25(2,3)4/h6-8,20H,5,9-19,21H2,1-4H3,(H,26,27). The van der Waals surface area contributed by atoms with Crippen molar-refractivity contribution in [3.8, 4) is 5.75 Å². The monoisotopic (exact) mass is 485 g/mol. The molecule has 1 aromatic rings. The van der Waals surface area contributed by atoms with Crippen LogP contribution < -0.4 is 10.1 Å². The number of hydrogen-bond donors (Lipinski definition) is 1. The summed E-state index contributed by atoms with van der Waals surface area (Å²) < 4.78 is 38.1. The minimum absolute atomic E-state index is 0.366. The highest BCUT2D eigenvalue weighted by Gasteiger charge is 2.15. The van der Waals surface area contributed by atoms with Crippen LogP contribution in [-0.2, 0) is 35.0 Å². The van der Waals surface area contributed by atoms with Crippen molar-refractivity contribution in [2.24, 2.45) is 0 Å². The average Bonchev–Trinajstić information content (AvgIpc) is 2.79. The van der Waals surface area contributed by atoms with Gasteiger partial charge in [0.05, 0.1) is 59.5 Å². The second-order valence-corrected chi connectivity index (χ2v) is 8.41. The second kappa shape index (κ2) is 19.4. The summed E-state index contributed by atoms with van der Waals surface area (Å²) in [5.41, 5.74) is 0.402. The molecule has 0 aliphatic heterocycles. The Kier molecular flexibility index (Phi) is 17.2. The summed E-state index contributed by atoms with van der Waals surface area (Å²) in [7, 11) is 0. The minimum Gasteiger partial charge on any atom is -0.491 e. The molecule has 0 radical (unpaired) electrons. The van der Waals surface area contributed by atoms with Crippen LogP contribution in [0, 0.1) is 0 Å². The Hall–Kier alpha value is -1.91. The summed E-state index contributed by atoms with van der Waals surface area (Å²) in [4.78, 5) is 11.8. The van der Waals surface area contributed by atoms with E-state index in [9.17, 15) is 4.79 Å². The zero-order valence-corrected chi connectivity index (χ0v) is 21.3. The molecule has 0 aromatic heterocycles. The Morgan fingerprint density at radius 3 is 1.76 bits per heavy atom. The molecule has 0 bridgehead atoms. The van der Waals surface area contributed by atoms with Crippen molar-refractivity contribution in [3.05, 3.63) is 29.8 Å². The maximum atomic E-state index is 11.8. The molecular formula is C25H43NO8. The van der Waals surface area contributed by atoms with Crippen LogP contribution in [0.4, 0.5) is 4.79 Å². The maximum Gasteiger partial charge on any atom is 0.407 e. The first-order valence-corrected chi connectivity index (χ1v) is 12.0. The highest BCUT2D eigenvalue weighted by atomic mass is 16.6. The lowest BCUT2D eigenvalue weighted by atomic mass is 10.2. The lowest BCUT2D eigenvalue weighted by molar-refractivity contribution is -0.0126. The quantitative estimate of drug-likeness (QED) is 0.280. The van der Waals surface area contributed by atoms with Gasteiger partial charge < -0.3 is 38.5 Å². The first-order valence-electron chi connectivity index (χ1n) is 12.0. The summed E-state index contributed by atoms with van der Waals surface area (Å²) in [5.74, 6) is 0.720. The smallest absolute Gasteiger partial charge is 0.407 e. The molecular weight excluding hydrogens is 442 g/mol. The number of benzene rings is 1. The molecule has 9 nitrogen and oxygen atoms in total. The van der Waals surface area contributed by atoms with Crippen LogP contribution in [0.2, 0.25) is 0 Å². The number of alkyl carbamates (subject to hydrolysis) is 1. The van der Waals surface area contributed by atoms with Gasteiger partial charge in [-0.2, -0.15) is 0 Å². The summed E-state index contributed by atoms with van der Waals surface area (Å²) in [5, 5.41) is 2.73. The van der Waals surface area contributed by atoms with E-state index in [0.717, 1.165) is 24.3 Å². The molecule has 0 aliphatic carbocycles. The van der Waals surface area contributed by atoms with Crippen LogP contribution in [0.15, 0.2) is 24.3 Å². The van der Waals surface area contributed by atoms with E-state index in [1.807, 2.05) is 45.0 Å². The first-order chi connectivity index (χ1) is 16.4. The molecule has 1 rings (SSSR count). The van der Waals surface area contributed by atoms with Gasteiger partial charge in [-0.25, -0.2) is 4.79 Å². The Morgan fingerprint density at radius 2 is 1.26 bits per heavy atom. The van der Waals surface area contributed by atoms with Crippen molar-refractivity contribution >= 4 is 6.09 Å². The Balaban J connectivity index is 1.94. The van der Waals surface area contributed by atoms with Gasteiger partial charge in [-0.15, -0.1) is 0 Å². The van der Waals surface area contributed by atoms with Crippen molar-refractivity contribution in [3.63, 3.8) is 0 Å². The van der Waals surface area contributed by atoms with Gasteiger partial charge >= 0.3 is 6.09 Å². The third-order valence-electron chi connectivity index (χ3n) is 4.07. The van der Waals surface area contributed by atoms with Crippen molar-refractivity contribution < 1.29 is 38.0 Å². The minimum atomic E-state index is -0.521. The Bertz CT molecular complexity index is 636. The van der Waals surface area contributed by atoms with E-state index in [2.05, 4.69) is 12.2 Å². The van der Waals surface area contributed by atoms with E-state index in [1.165, 1.54) is 0 Å². The zero-order chi connectivity index (χ0) is 24.9. The normalized spacial score (nSPS) is 11.4. The number of hydrogen-bond acceptors (Lipinski definition) is 8. The number of carbonyl (C=O) groups excluding carboxylic acids is 1. The van der Waals surface area contributed by atoms with E-state index in [4.69, 9.17) is 33.2 Å². The Morgan fingerprint density at radius 1 is 0.765 bits per heavy atom. The fourth-order valence-electron chi connectivity index (χ4n) is 2.58. The molecule has 0 spiro atoms. The molecule has 34 heavy (non-hydrogen) atoms. The van der Waals surface area contributed by atoms with Crippen LogP contribution >= 0.6 is 0 Å². The number of amides is 1. The molecule has 1 aromatic carbocycles. The SMILES string of the molecule is CCCOCCOCCOCCOCCOCCOc1cccc(CNC(=O)OC(C)(C)C)c1. The first kappa shape index (κ1) is 30.1. The molecule has 0 heterocycles. The van der Waals surface area contributed by atoms with Gasteiger partial charge in [-0.05, 0) is 44.9 Å². The third-order valence-corrected chi connectivity index (χ3v) is 4.07. The molecule has 1 N–H and O–H groups in total. The van der Waals surface area contributed by atoms with E-state index >= 15 is 0 Å². The molecule has 0 unspecified atom stereocenters. The topological polar surface area (TPSA) is 93.7 Å². The van der Waals surface area contributed by atoms with Gasteiger partial charge in [0.2, 0.25) is 0 Å². The largest absolute Gasteiger partial charge is 0.491 e. The van der Waals surface area contributed by atoms with E-state index < -0.39 is 11.7 Å². The second-order valence-electron chi connectivity index (χ2n) is 8.41. The lowest BCUT2D eigenvalue weighted by Crippen LogP contribution is -2.32. The average molecular weight is 486 g/mol. The van der Waals surface area contributed by atoms with Crippen molar-refractivity contribution in [2.45, 2.75) is 46.3 Å². The number of carbonyl (C=O) groups is 1. The summed E-state index contributed by atoms with van der Waals surface area (Å²) in [6.45, 7) is 13.9. The summed E-state index contributed by atoms with van der Waals surface area (Å²) in [6, 6.07) is 7.54. The molecule has 196 valence electrons. The highest BCUT2D eigenvalue weighted by molar-refractivity contribution is 5.67. The fraction of sp³-hybridized carbons (Fsp3) is 0.720. The predicted octanol–water partition coefficient (Wildman–Crippen LogP) is 3.58.